The van der Waals surface area contributed by atoms with Gasteiger partial charge in [0.15, 0.2) is 11.5 Å². The van der Waals surface area contributed by atoms with E-state index < -0.39 is 5.97 Å². The third-order valence-corrected chi connectivity index (χ3v) is 6.02. The van der Waals surface area contributed by atoms with E-state index in [1.54, 1.807) is 19.1 Å². The molecule has 1 atom stereocenters. The van der Waals surface area contributed by atoms with Crippen LogP contribution in [0.4, 0.5) is 5.69 Å². The van der Waals surface area contributed by atoms with Gasteiger partial charge in [-0.05, 0) is 61.2 Å². The first-order chi connectivity index (χ1) is 16.9. The van der Waals surface area contributed by atoms with Crippen molar-refractivity contribution < 1.29 is 28.9 Å². The van der Waals surface area contributed by atoms with Crippen molar-refractivity contribution >= 4 is 17.6 Å². The van der Waals surface area contributed by atoms with E-state index in [-0.39, 0.29) is 11.9 Å². The first-order valence-corrected chi connectivity index (χ1v) is 11.9. The van der Waals surface area contributed by atoms with E-state index in [1.807, 2.05) is 42.5 Å². The summed E-state index contributed by atoms with van der Waals surface area (Å²) in [6.07, 6.45) is 4.39. The van der Waals surface area contributed by atoms with Crippen molar-refractivity contribution in [2.75, 3.05) is 45.4 Å². The number of carboxylic acids is 1. The molecule has 0 aliphatic carbocycles. The molecule has 1 aliphatic rings. The summed E-state index contributed by atoms with van der Waals surface area (Å²) in [5.41, 5.74) is 2.07. The van der Waals surface area contributed by atoms with Gasteiger partial charge in [-0.3, -0.25) is 4.79 Å². The van der Waals surface area contributed by atoms with Gasteiger partial charge in [0.1, 0.15) is 5.75 Å². The van der Waals surface area contributed by atoms with Crippen molar-refractivity contribution in [1.29, 1.82) is 0 Å². The Labute approximate surface area is 206 Å². The number of amides is 1. The summed E-state index contributed by atoms with van der Waals surface area (Å²) < 4.78 is 16.4. The fourth-order valence-corrected chi connectivity index (χ4v) is 4.20. The molecule has 1 amide bonds. The Bertz CT molecular complexity index is 1020. The number of anilines is 1. The van der Waals surface area contributed by atoms with Crippen molar-refractivity contribution in [2.45, 2.75) is 32.2 Å². The lowest BCUT2D eigenvalue weighted by molar-refractivity contribution is -0.132. The summed E-state index contributed by atoms with van der Waals surface area (Å²) in [5.74, 6) is 0.676. The largest absolute Gasteiger partial charge is 0.494 e. The molecule has 0 spiro atoms. The maximum absolute atomic E-state index is 13.0. The van der Waals surface area contributed by atoms with Gasteiger partial charge >= 0.3 is 5.97 Å². The average Bonchev–Trinajstić information content (AvgIpc) is 3.36. The van der Waals surface area contributed by atoms with Crippen molar-refractivity contribution in [2.24, 2.45) is 0 Å². The summed E-state index contributed by atoms with van der Waals surface area (Å²) in [6, 6.07) is 13.7. The van der Waals surface area contributed by atoms with E-state index in [9.17, 15) is 9.59 Å². The molecule has 0 aromatic heterocycles. The van der Waals surface area contributed by atoms with Gasteiger partial charge in [-0.25, -0.2) is 4.79 Å². The normalized spacial score (nSPS) is 15.3. The number of methoxy groups -OCH3 is 2. The Hall–Kier alpha value is -3.68. The van der Waals surface area contributed by atoms with Crippen LogP contribution in [0.1, 0.15) is 25.3 Å². The molecule has 0 unspecified atom stereocenters. The predicted molar refractivity (Wildman–Crippen MR) is 135 cm³/mol. The summed E-state index contributed by atoms with van der Waals surface area (Å²) in [4.78, 5) is 28.0. The van der Waals surface area contributed by atoms with Crippen molar-refractivity contribution in [1.82, 2.24) is 4.90 Å². The van der Waals surface area contributed by atoms with Crippen LogP contribution in [-0.4, -0.2) is 68.4 Å². The number of hydrogen-bond acceptors (Lipinski definition) is 6. The van der Waals surface area contributed by atoms with Crippen molar-refractivity contribution in [3.05, 3.63) is 60.2 Å². The highest BCUT2D eigenvalue weighted by Gasteiger charge is 2.30. The van der Waals surface area contributed by atoms with E-state index in [2.05, 4.69) is 11.8 Å². The van der Waals surface area contributed by atoms with Gasteiger partial charge in [-0.15, -0.1) is 0 Å². The second kappa shape index (κ2) is 12.7. The molecule has 35 heavy (non-hydrogen) atoms. The number of benzene rings is 2. The molecule has 1 fully saturated rings. The van der Waals surface area contributed by atoms with Crippen LogP contribution in [0.15, 0.2) is 54.6 Å². The Morgan fingerprint density at radius 1 is 1.09 bits per heavy atom. The standard InChI is InChI=1S/C27H34N2O6/c1-4-17-35-23-8-6-21(7-9-23)28-15-14-22(19-28)29(26(30)11-12-27(31)32)16-13-20-5-10-24(33-2)25(18-20)34-3/h5-12,18,22H,4,13-17,19H2,1-3H3,(H,31,32)/b12-11+/t22-/m1/s1. The number of carbonyl (C=O) groups excluding carboxylic acids is 1. The monoisotopic (exact) mass is 482 g/mol. The molecule has 3 rings (SSSR count). The Kier molecular flexibility index (Phi) is 9.40. The zero-order valence-electron chi connectivity index (χ0n) is 20.6. The van der Waals surface area contributed by atoms with Crippen LogP contribution in [-0.2, 0) is 16.0 Å². The van der Waals surface area contributed by atoms with E-state index >= 15 is 0 Å². The molecular formula is C27H34N2O6. The number of carboxylic acid groups (broad SMARTS) is 1. The topological polar surface area (TPSA) is 88.5 Å². The Morgan fingerprint density at radius 3 is 2.49 bits per heavy atom. The van der Waals surface area contributed by atoms with Gasteiger partial charge in [0.05, 0.1) is 26.9 Å². The second-order valence-electron chi connectivity index (χ2n) is 8.37. The van der Waals surface area contributed by atoms with E-state index in [0.29, 0.717) is 37.6 Å². The maximum atomic E-state index is 13.0. The first kappa shape index (κ1) is 25.9. The maximum Gasteiger partial charge on any atom is 0.328 e. The zero-order chi connectivity index (χ0) is 25.2. The summed E-state index contributed by atoms with van der Waals surface area (Å²) in [6.45, 7) is 4.70. The van der Waals surface area contributed by atoms with Crippen LogP contribution < -0.4 is 19.1 Å². The molecule has 8 heteroatoms. The lowest BCUT2D eigenvalue weighted by Crippen LogP contribution is -2.42. The smallest absolute Gasteiger partial charge is 0.328 e. The molecule has 8 nitrogen and oxygen atoms in total. The van der Waals surface area contributed by atoms with Crippen LogP contribution in [0.3, 0.4) is 0 Å². The molecule has 188 valence electrons. The van der Waals surface area contributed by atoms with Crippen LogP contribution in [0.5, 0.6) is 17.2 Å². The van der Waals surface area contributed by atoms with E-state index in [1.165, 1.54) is 0 Å². The molecule has 0 bridgehead atoms. The van der Waals surface area contributed by atoms with E-state index in [0.717, 1.165) is 48.5 Å². The summed E-state index contributed by atoms with van der Waals surface area (Å²) in [7, 11) is 3.17. The van der Waals surface area contributed by atoms with Gasteiger partial charge < -0.3 is 29.1 Å². The van der Waals surface area contributed by atoms with Crippen LogP contribution in [0.25, 0.3) is 0 Å². The highest BCUT2D eigenvalue weighted by atomic mass is 16.5. The zero-order valence-corrected chi connectivity index (χ0v) is 20.6. The van der Waals surface area contributed by atoms with Crippen LogP contribution >= 0.6 is 0 Å². The van der Waals surface area contributed by atoms with E-state index in [4.69, 9.17) is 19.3 Å². The molecule has 0 radical (unpaired) electrons. The van der Waals surface area contributed by atoms with Gasteiger partial charge in [0, 0.05) is 37.5 Å². The molecular weight excluding hydrogens is 448 g/mol. The number of carbonyl (C=O) groups is 2. The fraction of sp³-hybridized carbons (Fsp3) is 0.407. The summed E-state index contributed by atoms with van der Waals surface area (Å²) >= 11 is 0. The minimum atomic E-state index is -1.14. The molecule has 1 saturated heterocycles. The van der Waals surface area contributed by atoms with Crippen molar-refractivity contribution in [3.63, 3.8) is 0 Å². The third-order valence-electron chi connectivity index (χ3n) is 6.02. The van der Waals surface area contributed by atoms with Crippen LogP contribution in [0, 0.1) is 0 Å². The number of hydrogen-bond donors (Lipinski definition) is 1. The first-order valence-electron chi connectivity index (χ1n) is 11.9. The second-order valence-corrected chi connectivity index (χ2v) is 8.37. The minimum absolute atomic E-state index is 0.0305. The molecule has 1 N–H and O–H groups in total. The van der Waals surface area contributed by atoms with Gasteiger partial charge in [-0.1, -0.05) is 13.0 Å². The molecule has 0 saturated carbocycles. The lowest BCUT2D eigenvalue weighted by atomic mass is 10.1. The Morgan fingerprint density at radius 2 is 1.83 bits per heavy atom. The number of nitrogens with zero attached hydrogens (tertiary/aromatic N) is 2. The Balaban J connectivity index is 1.71. The molecule has 1 heterocycles. The third kappa shape index (κ3) is 7.15. The van der Waals surface area contributed by atoms with Gasteiger partial charge in [0.25, 0.3) is 0 Å². The fourth-order valence-electron chi connectivity index (χ4n) is 4.20. The number of ether oxygens (including phenoxy) is 3. The summed E-state index contributed by atoms with van der Waals surface area (Å²) in [5, 5.41) is 8.99. The van der Waals surface area contributed by atoms with Crippen molar-refractivity contribution in [3.8, 4) is 17.2 Å². The number of rotatable bonds is 12. The number of aliphatic carboxylic acids is 1. The molecule has 1 aliphatic heterocycles. The highest BCUT2D eigenvalue weighted by molar-refractivity contribution is 5.94. The van der Waals surface area contributed by atoms with Crippen LogP contribution in [0.2, 0.25) is 0 Å². The lowest BCUT2D eigenvalue weighted by Gasteiger charge is -2.29. The predicted octanol–water partition coefficient (Wildman–Crippen LogP) is 3.78. The molecule has 2 aromatic rings. The van der Waals surface area contributed by atoms with Gasteiger partial charge in [-0.2, -0.15) is 0 Å². The molecule has 2 aromatic carbocycles. The SMILES string of the molecule is CCCOc1ccc(N2CC[C@@H](N(CCc3ccc(OC)c(OC)c3)C(=O)/C=C/C(=O)O)C2)cc1. The average molecular weight is 483 g/mol. The quantitative estimate of drug-likeness (QED) is 0.461. The minimum Gasteiger partial charge on any atom is -0.494 e. The van der Waals surface area contributed by atoms with Gasteiger partial charge in [0.2, 0.25) is 5.91 Å². The highest BCUT2D eigenvalue weighted by Crippen LogP contribution is 2.29.